The molecule has 0 fully saturated rings. The average Bonchev–Trinajstić information content (AvgIpc) is 2.50. The highest BCUT2D eigenvalue weighted by Crippen LogP contribution is 2.32. The first-order valence-electron chi connectivity index (χ1n) is 6.21. The van der Waals surface area contributed by atoms with E-state index < -0.39 is 5.91 Å². The lowest BCUT2D eigenvalue weighted by atomic mass is 10.2. The molecule has 0 saturated heterocycles. The van der Waals surface area contributed by atoms with Crippen molar-refractivity contribution in [3.63, 3.8) is 0 Å². The highest BCUT2D eigenvalue weighted by molar-refractivity contribution is 6.31. The summed E-state index contributed by atoms with van der Waals surface area (Å²) in [5.74, 6) is -0.682. The summed E-state index contributed by atoms with van der Waals surface area (Å²) in [5.41, 5.74) is 2.62. The van der Waals surface area contributed by atoms with E-state index in [1.54, 1.807) is 12.1 Å². The standard InChI is InChI=1S/C15H13ClN2O4/c1-22-13-7-10(16)6-9(14(13)20)8-17-18-15(21)11-4-2-3-5-12(11)19/h2-8,19-20H,1H3,(H,18,21)/b17-8+. The number of nitrogens with zero attached hydrogens (tertiary/aromatic N) is 1. The van der Waals surface area contributed by atoms with E-state index in [0.29, 0.717) is 5.02 Å². The monoisotopic (exact) mass is 320 g/mol. The van der Waals surface area contributed by atoms with Gasteiger partial charge in [0.25, 0.3) is 5.91 Å². The van der Waals surface area contributed by atoms with Crippen molar-refractivity contribution in [1.82, 2.24) is 5.43 Å². The number of methoxy groups -OCH3 is 1. The first-order chi connectivity index (χ1) is 10.5. The Hall–Kier alpha value is -2.73. The first-order valence-corrected chi connectivity index (χ1v) is 6.58. The number of aromatic hydroxyl groups is 2. The van der Waals surface area contributed by atoms with Gasteiger partial charge in [-0.3, -0.25) is 4.79 Å². The second kappa shape index (κ2) is 6.82. The fourth-order valence-corrected chi connectivity index (χ4v) is 1.95. The van der Waals surface area contributed by atoms with Crippen molar-refractivity contribution in [2.75, 3.05) is 7.11 Å². The number of amides is 1. The summed E-state index contributed by atoms with van der Waals surface area (Å²) in [6, 6.07) is 8.99. The molecule has 2 aromatic carbocycles. The normalized spacial score (nSPS) is 10.6. The van der Waals surface area contributed by atoms with Gasteiger partial charge in [-0.25, -0.2) is 5.43 Å². The van der Waals surface area contributed by atoms with E-state index in [2.05, 4.69) is 10.5 Å². The van der Waals surface area contributed by atoms with Crippen LogP contribution in [0.2, 0.25) is 5.02 Å². The van der Waals surface area contributed by atoms with E-state index in [4.69, 9.17) is 16.3 Å². The zero-order valence-corrected chi connectivity index (χ0v) is 12.3. The molecule has 2 rings (SSSR count). The largest absolute Gasteiger partial charge is 0.507 e. The number of carbonyl (C=O) groups is 1. The van der Waals surface area contributed by atoms with Crippen molar-refractivity contribution < 1.29 is 19.7 Å². The van der Waals surface area contributed by atoms with Crippen molar-refractivity contribution in [3.8, 4) is 17.2 Å². The van der Waals surface area contributed by atoms with Gasteiger partial charge in [0.2, 0.25) is 0 Å². The predicted octanol–water partition coefficient (Wildman–Crippen LogP) is 2.52. The topological polar surface area (TPSA) is 91.2 Å². The molecular weight excluding hydrogens is 308 g/mol. The molecule has 0 atom stereocenters. The molecular formula is C15H13ClN2O4. The van der Waals surface area contributed by atoms with Crippen molar-refractivity contribution in [2.45, 2.75) is 0 Å². The highest BCUT2D eigenvalue weighted by Gasteiger charge is 2.10. The Labute approximate surface area is 131 Å². The number of para-hydroxylation sites is 1. The molecule has 0 saturated carbocycles. The molecule has 6 nitrogen and oxygen atoms in total. The molecule has 114 valence electrons. The lowest BCUT2D eigenvalue weighted by Gasteiger charge is -2.06. The van der Waals surface area contributed by atoms with Gasteiger partial charge < -0.3 is 14.9 Å². The summed E-state index contributed by atoms with van der Waals surface area (Å²) in [4.78, 5) is 11.8. The van der Waals surface area contributed by atoms with Crippen LogP contribution in [0.3, 0.4) is 0 Å². The third-order valence-corrected chi connectivity index (χ3v) is 3.03. The molecule has 0 unspecified atom stereocenters. The van der Waals surface area contributed by atoms with Gasteiger partial charge in [-0.15, -0.1) is 0 Å². The molecule has 0 aromatic heterocycles. The lowest BCUT2D eigenvalue weighted by Crippen LogP contribution is -2.17. The molecule has 0 spiro atoms. The summed E-state index contributed by atoms with van der Waals surface area (Å²) >= 11 is 5.89. The van der Waals surface area contributed by atoms with Crippen molar-refractivity contribution >= 4 is 23.7 Å². The molecule has 0 heterocycles. The maximum absolute atomic E-state index is 11.8. The number of hydrogen-bond donors (Lipinski definition) is 3. The molecule has 2 aromatic rings. The number of phenolic OH excluding ortho intramolecular Hbond substituents is 2. The van der Waals surface area contributed by atoms with Crippen LogP contribution in [0.4, 0.5) is 0 Å². The Kier molecular flexibility index (Phi) is 4.85. The van der Waals surface area contributed by atoms with E-state index in [1.807, 2.05) is 0 Å². The SMILES string of the molecule is COc1cc(Cl)cc(/C=N/NC(=O)c2ccccc2O)c1O. The van der Waals surface area contributed by atoms with Gasteiger partial charge in [0, 0.05) is 16.7 Å². The van der Waals surface area contributed by atoms with Crippen LogP contribution in [0.5, 0.6) is 17.2 Å². The van der Waals surface area contributed by atoms with Crippen LogP contribution in [-0.2, 0) is 0 Å². The minimum absolute atomic E-state index is 0.0903. The second-order valence-corrected chi connectivity index (χ2v) is 4.70. The molecule has 1 amide bonds. The molecule has 0 aliphatic carbocycles. The molecule has 0 bridgehead atoms. The second-order valence-electron chi connectivity index (χ2n) is 4.26. The number of phenols is 2. The maximum Gasteiger partial charge on any atom is 0.275 e. The summed E-state index contributed by atoms with van der Waals surface area (Å²) in [5, 5.41) is 23.5. The van der Waals surface area contributed by atoms with E-state index >= 15 is 0 Å². The number of halogens is 1. The fourth-order valence-electron chi connectivity index (χ4n) is 1.73. The van der Waals surface area contributed by atoms with E-state index in [9.17, 15) is 15.0 Å². The smallest absolute Gasteiger partial charge is 0.275 e. The molecule has 0 aliphatic rings. The Morgan fingerprint density at radius 1 is 1.32 bits per heavy atom. The van der Waals surface area contributed by atoms with Gasteiger partial charge in [-0.05, 0) is 18.2 Å². The molecule has 0 radical (unpaired) electrons. The van der Waals surface area contributed by atoms with Crippen LogP contribution in [0, 0.1) is 0 Å². The Morgan fingerprint density at radius 2 is 2.05 bits per heavy atom. The zero-order valence-electron chi connectivity index (χ0n) is 11.6. The van der Waals surface area contributed by atoms with Gasteiger partial charge >= 0.3 is 0 Å². The van der Waals surface area contributed by atoms with Gasteiger partial charge in [0.1, 0.15) is 5.75 Å². The Morgan fingerprint density at radius 3 is 2.73 bits per heavy atom. The van der Waals surface area contributed by atoms with Gasteiger partial charge in [-0.1, -0.05) is 23.7 Å². The predicted molar refractivity (Wildman–Crippen MR) is 82.8 cm³/mol. The Balaban J connectivity index is 2.15. The van der Waals surface area contributed by atoms with Crippen molar-refractivity contribution in [1.29, 1.82) is 0 Å². The van der Waals surface area contributed by atoms with E-state index in [-0.39, 0.29) is 28.4 Å². The maximum atomic E-state index is 11.8. The van der Waals surface area contributed by atoms with Crippen LogP contribution in [0.1, 0.15) is 15.9 Å². The lowest BCUT2D eigenvalue weighted by molar-refractivity contribution is 0.0952. The minimum Gasteiger partial charge on any atom is -0.507 e. The van der Waals surface area contributed by atoms with E-state index in [1.165, 1.54) is 37.6 Å². The zero-order chi connectivity index (χ0) is 16.1. The van der Waals surface area contributed by atoms with Crippen molar-refractivity contribution in [3.05, 3.63) is 52.5 Å². The molecule has 0 aliphatic heterocycles. The van der Waals surface area contributed by atoms with Crippen LogP contribution >= 0.6 is 11.6 Å². The first kappa shape index (κ1) is 15.7. The number of benzene rings is 2. The Bertz CT molecular complexity index is 731. The van der Waals surface area contributed by atoms with Crippen LogP contribution < -0.4 is 10.2 Å². The molecule has 7 heteroatoms. The van der Waals surface area contributed by atoms with Gasteiger partial charge in [-0.2, -0.15) is 5.10 Å². The third kappa shape index (κ3) is 3.48. The fraction of sp³-hybridized carbons (Fsp3) is 0.0667. The van der Waals surface area contributed by atoms with Crippen LogP contribution in [-0.4, -0.2) is 29.4 Å². The number of carbonyl (C=O) groups excluding carboxylic acids is 1. The van der Waals surface area contributed by atoms with Crippen LogP contribution in [0.25, 0.3) is 0 Å². The van der Waals surface area contributed by atoms with Crippen LogP contribution in [0.15, 0.2) is 41.5 Å². The number of rotatable bonds is 4. The highest BCUT2D eigenvalue weighted by atomic mass is 35.5. The average molecular weight is 321 g/mol. The third-order valence-electron chi connectivity index (χ3n) is 2.81. The quantitative estimate of drug-likeness (QED) is 0.596. The summed E-state index contributed by atoms with van der Waals surface area (Å²) in [6.45, 7) is 0. The number of hydrazone groups is 1. The molecule has 22 heavy (non-hydrogen) atoms. The number of nitrogens with one attached hydrogen (secondary N) is 1. The van der Waals surface area contributed by atoms with Gasteiger partial charge in [0.05, 0.1) is 18.9 Å². The number of ether oxygens (including phenoxy) is 1. The summed E-state index contributed by atoms with van der Waals surface area (Å²) < 4.78 is 4.96. The minimum atomic E-state index is -0.581. The van der Waals surface area contributed by atoms with Crippen molar-refractivity contribution in [2.24, 2.45) is 5.10 Å². The van der Waals surface area contributed by atoms with Gasteiger partial charge in [0.15, 0.2) is 11.5 Å². The summed E-state index contributed by atoms with van der Waals surface area (Å²) in [6.07, 6.45) is 1.22. The molecule has 3 N–H and O–H groups in total. The number of hydrogen-bond acceptors (Lipinski definition) is 5. The summed E-state index contributed by atoms with van der Waals surface area (Å²) in [7, 11) is 1.40. The van der Waals surface area contributed by atoms with E-state index in [0.717, 1.165) is 0 Å².